The molecule has 1 heterocycles. The van der Waals surface area contributed by atoms with Crippen LogP contribution in [0.15, 0.2) is 28.5 Å². The molecular weight excluding hydrogens is 368 g/mol. The Morgan fingerprint density at radius 3 is 2.14 bits per heavy atom. The second-order valence-corrected chi connectivity index (χ2v) is 14.0. The fourth-order valence-corrected chi connectivity index (χ4v) is 9.55. The molecular formula is C21H32N4O2Si. The van der Waals surface area contributed by atoms with E-state index in [0.717, 1.165) is 25.9 Å². The van der Waals surface area contributed by atoms with Crippen molar-refractivity contribution in [1.29, 1.82) is 0 Å². The fourth-order valence-electron chi connectivity index (χ4n) is 4.33. The minimum absolute atomic E-state index is 0.0373. The zero-order chi connectivity index (χ0) is 20.9. The summed E-state index contributed by atoms with van der Waals surface area (Å²) < 4.78 is 0. The van der Waals surface area contributed by atoms with Gasteiger partial charge in [-0.1, -0.05) is 52.7 Å². The van der Waals surface area contributed by atoms with Crippen molar-refractivity contribution in [3.05, 3.63) is 33.9 Å². The third kappa shape index (κ3) is 4.79. The monoisotopic (exact) mass is 400 g/mol. The first-order valence-corrected chi connectivity index (χ1v) is 12.4. The first kappa shape index (κ1) is 22.1. The highest BCUT2D eigenvalue weighted by Gasteiger charge is 2.41. The van der Waals surface area contributed by atoms with Gasteiger partial charge in [-0.25, -0.2) is 0 Å². The lowest BCUT2D eigenvalue weighted by molar-refractivity contribution is -0.384. The van der Waals surface area contributed by atoms with E-state index in [0.29, 0.717) is 27.9 Å². The Hall–Kier alpha value is -2.20. The van der Waals surface area contributed by atoms with Crippen LogP contribution in [0.4, 0.5) is 11.4 Å². The summed E-state index contributed by atoms with van der Waals surface area (Å²) in [5.74, 6) is 3.30. The van der Waals surface area contributed by atoms with Gasteiger partial charge in [0.15, 0.2) is 0 Å². The summed E-state index contributed by atoms with van der Waals surface area (Å²) in [6, 6.07) is 4.66. The van der Waals surface area contributed by atoms with E-state index in [1.165, 1.54) is 12.1 Å². The van der Waals surface area contributed by atoms with Gasteiger partial charge in [0.05, 0.1) is 10.5 Å². The van der Waals surface area contributed by atoms with Crippen molar-refractivity contribution in [3.63, 3.8) is 0 Å². The molecule has 0 atom stereocenters. The number of hydrogen-bond donors (Lipinski definition) is 0. The molecule has 1 aromatic rings. The van der Waals surface area contributed by atoms with E-state index in [1.807, 2.05) is 5.01 Å². The molecule has 0 amide bonds. The van der Waals surface area contributed by atoms with Crippen LogP contribution >= 0.6 is 0 Å². The molecule has 152 valence electrons. The van der Waals surface area contributed by atoms with E-state index in [9.17, 15) is 10.1 Å². The number of nitro groups is 1. The molecule has 0 aromatic heterocycles. The Kier molecular flexibility index (Phi) is 7.36. The van der Waals surface area contributed by atoms with Gasteiger partial charge in [0, 0.05) is 25.2 Å². The van der Waals surface area contributed by atoms with Crippen LogP contribution in [0.5, 0.6) is 0 Å². The third-order valence-electron chi connectivity index (χ3n) is 5.83. The molecule has 1 aliphatic rings. The molecule has 0 unspecified atom stereocenters. The van der Waals surface area contributed by atoms with Gasteiger partial charge in [-0.2, -0.15) is 0 Å². The minimum Gasteiger partial charge on any atom is -0.278 e. The molecule has 2 rings (SSSR count). The fraction of sp³-hybridized carbons (Fsp3) is 0.619. The molecule has 1 fully saturated rings. The highest BCUT2D eigenvalue weighted by atomic mass is 28.3. The minimum atomic E-state index is -1.94. The number of nitro benzene ring substituents is 1. The number of rotatable bonds is 6. The van der Waals surface area contributed by atoms with Gasteiger partial charge < -0.3 is 0 Å². The highest BCUT2D eigenvalue weighted by molar-refractivity contribution is 6.90. The summed E-state index contributed by atoms with van der Waals surface area (Å²) in [6.45, 7) is 15.3. The van der Waals surface area contributed by atoms with Crippen LogP contribution in [0.2, 0.25) is 16.6 Å². The second-order valence-electron chi connectivity index (χ2n) is 8.46. The lowest BCUT2D eigenvalue weighted by atomic mass is 10.2. The third-order valence-corrected chi connectivity index (χ3v) is 12.1. The number of benzene rings is 1. The molecule has 0 spiro atoms. The van der Waals surface area contributed by atoms with Gasteiger partial charge in [-0.15, -0.1) is 10.7 Å². The van der Waals surface area contributed by atoms with Crippen molar-refractivity contribution in [3.8, 4) is 11.5 Å². The van der Waals surface area contributed by atoms with E-state index in [1.54, 1.807) is 6.07 Å². The normalized spacial score (nSPS) is 15.0. The lowest BCUT2D eigenvalue weighted by Crippen LogP contribution is -2.43. The van der Waals surface area contributed by atoms with Crippen LogP contribution in [-0.2, 0) is 0 Å². The quantitative estimate of drug-likeness (QED) is 0.186. The molecule has 0 N–H and O–H groups in total. The van der Waals surface area contributed by atoms with Crippen LogP contribution in [-0.4, -0.2) is 31.1 Å². The zero-order valence-electron chi connectivity index (χ0n) is 17.9. The van der Waals surface area contributed by atoms with Crippen LogP contribution in [0.1, 0.15) is 59.9 Å². The maximum absolute atomic E-state index is 11.3. The van der Waals surface area contributed by atoms with E-state index < -0.39 is 8.07 Å². The molecule has 1 aliphatic heterocycles. The van der Waals surface area contributed by atoms with Crippen LogP contribution < -0.4 is 0 Å². The summed E-state index contributed by atoms with van der Waals surface area (Å²) in [6.07, 6.45) is 2.24. The maximum atomic E-state index is 11.3. The molecule has 0 saturated carbocycles. The number of non-ortho nitro benzene ring substituents is 1. The first-order valence-electron chi connectivity index (χ1n) is 10.2. The van der Waals surface area contributed by atoms with Crippen molar-refractivity contribution < 1.29 is 4.92 Å². The lowest BCUT2D eigenvalue weighted by Gasteiger charge is -2.38. The van der Waals surface area contributed by atoms with Crippen LogP contribution in [0, 0.1) is 21.6 Å². The van der Waals surface area contributed by atoms with E-state index in [4.69, 9.17) is 0 Å². The largest absolute Gasteiger partial charge is 0.278 e. The average molecular weight is 401 g/mol. The molecule has 0 aliphatic carbocycles. The smallest absolute Gasteiger partial charge is 0.270 e. The van der Waals surface area contributed by atoms with E-state index in [2.05, 4.69) is 63.3 Å². The Morgan fingerprint density at radius 1 is 1.07 bits per heavy atom. The average Bonchev–Trinajstić information content (AvgIpc) is 3.13. The van der Waals surface area contributed by atoms with Crippen molar-refractivity contribution in [2.75, 3.05) is 13.1 Å². The van der Waals surface area contributed by atoms with Gasteiger partial charge in [0.25, 0.3) is 5.69 Å². The molecule has 28 heavy (non-hydrogen) atoms. The Labute approximate surface area is 169 Å². The topological polar surface area (TPSA) is 71.1 Å². The van der Waals surface area contributed by atoms with Gasteiger partial charge in [-0.3, -0.25) is 15.1 Å². The second kappa shape index (κ2) is 9.33. The van der Waals surface area contributed by atoms with Crippen LogP contribution in [0.3, 0.4) is 0 Å². The summed E-state index contributed by atoms with van der Waals surface area (Å²) in [4.78, 5) is 10.9. The predicted molar refractivity (Wildman–Crippen MR) is 116 cm³/mol. The maximum Gasteiger partial charge on any atom is 0.270 e. The van der Waals surface area contributed by atoms with Gasteiger partial charge in [0.1, 0.15) is 13.8 Å². The highest BCUT2D eigenvalue weighted by Crippen LogP contribution is 2.41. The van der Waals surface area contributed by atoms with Gasteiger partial charge in [-0.05, 0) is 35.5 Å². The van der Waals surface area contributed by atoms with Gasteiger partial charge in [0.2, 0.25) is 0 Å². The Balaban J connectivity index is 2.51. The molecule has 6 nitrogen and oxygen atoms in total. The summed E-state index contributed by atoms with van der Waals surface area (Å²) in [7, 11) is -1.94. The Morgan fingerprint density at radius 2 is 1.64 bits per heavy atom. The summed E-state index contributed by atoms with van der Waals surface area (Å²) >= 11 is 0. The summed E-state index contributed by atoms with van der Waals surface area (Å²) in [5.41, 5.74) is 6.35. The molecule has 7 heteroatoms. The van der Waals surface area contributed by atoms with Crippen LogP contribution in [0.25, 0.3) is 0 Å². The summed E-state index contributed by atoms with van der Waals surface area (Å²) in [5, 5.41) is 21.9. The SMILES string of the molecule is CC(C)[Si](C#Cc1cc([N+](=O)[O-])ccc1N=NN1CCCC1)(C(C)C)C(C)C. The van der Waals surface area contributed by atoms with E-state index in [-0.39, 0.29) is 10.6 Å². The standard InChI is InChI=1S/C21H32N4O2Si/c1-16(2)28(17(3)4,18(5)6)14-11-19-15-20(25(26)27)9-10-21(19)22-23-24-12-7-8-13-24/h9-10,15-18H,7-8,12-13H2,1-6H3. The van der Waals surface area contributed by atoms with Crippen molar-refractivity contribution in [2.24, 2.45) is 10.3 Å². The Bertz CT molecular complexity index is 766. The van der Waals surface area contributed by atoms with E-state index >= 15 is 0 Å². The van der Waals surface area contributed by atoms with Crippen molar-refractivity contribution >= 4 is 19.4 Å². The molecule has 1 saturated heterocycles. The number of nitrogens with zero attached hydrogens (tertiary/aromatic N) is 4. The molecule has 0 bridgehead atoms. The first-order chi connectivity index (χ1) is 13.2. The predicted octanol–water partition coefficient (Wildman–Crippen LogP) is 6.26. The van der Waals surface area contributed by atoms with Crippen molar-refractivity contribution in [2.45, 2.75) is 71.0 Å². The molecule has 0 radical (unpaired) electrons. The van der Waals surface area contributed by atoms with Crippen molar-refractivity contribution in [1.82, 2.24) is 5.01 Å². The zero-order valence-corrected chi connectivity index (χ0v) is 18.9. The number of hydrogen-bond acceptors (Lipinski definition) is 4. The van der Waals surface area contributed by atoms with Gasteiger partial charge >= 0.3 is 0 Å². The molecule has 1 aromatic carbocycles.